The van der Waals surface area contributed by atoms with Gasteiger partial charge in [-0.3, -0.25) is 14.7 Å². The molecule has 1 N–H and O–H groups in total. The lowest BCUT2D eigenvalue weighted by molar-refractivity contribution is -0.135. The van der Waals surface area contributed by atoms with E-state index in [9.17, 15) is 4.79 Å². The maximum Gasteiger partial charge on any atom is 0.239 e. The minimum Gasteiger partial charge on any atom is -0.497 e. The van der Waals surface area contributed by atoms with Crippen molar-refractivity contribution in [2.24, 2.45) is 4.99 Å². The van der Waals surface area contributed by atoms with Gasteiger partial charge in [0, 0.05) is 58.8 Å². The minimum absolute atomic E-state index is 0.0372. The Balaban J connectivity index is 1.41. The van der Waals surface area contributed by atoms with Gasteiger partial charge >= 0.3 is 0 Å². The molecule has 2 aliphatic rings. The predicted molar refractivity (Wildman–Crippen MR) is 128 cm³/mol. The van der Waals surface area contributed by atoms with Crippen LogP contribution in [0.4, 0.5) is 0 Å². The first-order chi connectivity index (χ1) is 15.6. The van der Waals surface area contributed by atoms with Crippen LogP contribution in [0.1, 0.15) is 33.1 Å². The molecule has 0 aromatic heterocycles. The molecule has 1 atom stereocenters. The van der Waals surface area contributed by atoms with Crippen LogP contribution in [-0.4, -0.2) is 98.7 Å². The third-order valence-electron chi connectivity index (χ3n) is 6.16. The van der Waals surface area contributed by atoms with Crippen LogP contribution < -0.4 is 14.8 Å². The van der Waals surface area contributed by atoms with Crippen molar-refractivity contribution in [1.82, 2.24) is 20.0 Å². The normalized spacial score (nSPS) is 18.5. The molecule has 178 valence electrons. The van der Waals surface area contributed by atoms with Gasteiger partial charge in [0.2, 0.25) is 5.91 Å². The maximum atomic E-state index is 12.7. The van der Waals surface area contributed by atoms with Gasteiger partial charge < -0.3 is 24.6 Å². The summed E-state index contributed by atoms with van der Waals surface area (Å²) in [7, 11) is 1.66. The van der Waals surface area contributed by atoms with Crippen molar-refractivity contribution in [3.8, 4) is 11.5 Å². The number of rotatable bonds is 9. The van der Waals surface area contributed by atoms with E-state index in [2.05, 4.69) is 29.0 Å². The summed E-state index contributed by atoms with van der Waals surface area (Å²) >= 11 is 0. The molecule has 1 unspecified atom stereocenters. The highest BCUT2D eigenvalue weighted by Crippen LogP contribution is 2.17. The Labute approximate surface area is 192 Å². The molecule has 0 radical (unpaired) electrons. The number of nitrogens with one attached hydrogen (secondary N) is 1. The summed E-state index contributed by atoms with van der Waals surface area (Å²) < 4.78 is 11.0. The van der Waals surface area contributed by atoms with Gasteiger partial charge in [-0.25, -0.2) is 0 Å². The van der Waals surface area contributed by atoms with Crippen LogP contribution in [0, 0.1) is 0 Å². The summed E-state index contributed by atoms with van der Waals surface area (Å²) in [6, 6.07) is 7.60. The molecule has 0 saturated carbocycles. The van der Waals surface area contributed by atoms with Crippen molar-refractivity contribution in [2.75, 3.05) is 66.1 Å². The summed E-state index contributed by atoms with van der Waals surface area (Å²) in [6.07, 6.45) is 3.13. The Hall–Kier alpha value is -2.48. The number of carbonyl (C=O) groups is 1. The highest BCUT2D eigenvalue weighted by Gasteiger charge is 2.30. The first-order valence-corrected chi connectivity index (χ1v) is 11.9. The van der Waals surface area contributed by atoms with Crippen LogP contribution in [0.15, 0.2) is 29.3 Å². The van der Waals surface area contributed by atoms with Crippen molar-refractivity contribution in [3.63, 3.8) is 0 Å². The minimum atomic E-state index is -0.0372. The number of hydrogen-bond donors (Lipinski definition) is 1. The van der Waals surface area contributed by atoms with Gasteiger partial charge in [0.25, 0.3) is 0 Å². The van der Waals surface area contributed by atoms with E-state index in [0.29, 0.717) is 13.2 Å². The Morgan fingerprint density at radius 3 is 2.31 bits per heavy atom. The molecule has 2 fully saturated rings. The van der Waals surface area contributed by atoms with Gasteiger partial charge in [-0.15, -0.1) is 0 Å². The maximum absolute atomic E-state index is 12.7. The lowest BCUT2D eigenvalue weighted by Gasteiger charge is -2.39. The van der Waals surface area contributed by atoms with Crippen LogP contribution in [0.25, 0.3) is 0 Å². The lowest BCUT2D eigenvalue weighted by atomic mass is 10.2. The molecule has 0 bridgehead atoms. The number of guanidine groups is 1. The molecule has 3 rings (SSSR count). The van der Waals surface area contributed by atoms with Crippen molar-refractivity contribution < 1.29 is 14.3 Å². The molecule has 2 aliphatic heterocycles. The number of aliphatic imine (C=N–C) groups is 1. The fraction of sp³-hybridized carbons (Fsp3) is 0.667. The van der Waals surface area contributed by atoms with E-state index in [0.717, 1.165) is 82.5 Å². The van der Waals surface area contributed by atoms with E-state index < -0.39 is 0 Å². The topological polar surface area (TPSA) is 69.6 Å². The number of hydrogen-bond acceptors (Lipinski definition) is 5. The molecular formula is C24H39N5O3. The molecule has 1 amide bonds. The number of benzene rings is 1. The third-order valence-corrected chi connectivity index (χ3v) is 6.16. The van der Waals surface area contributed by atoms with Crippen molar-refractivity contribution in [1.29, 1.82) is 0 Å². The van der Waals surface area contributed by atoms with E-state index in [-0.39, 0.29) is 11.9 Å². The molecule has 1 aromatic carbocycles. The second kappa shape index (κ2) is 12.5. The monoisotopic (exact) mass is 445 g/mol. The standard InChI is InChI=1S/C24H39N5O3/c1-4-25-24(26-12-7-19-32-22-10-8-21(31-3)9-11-22)29-17-15-27(16-18-29)20(2)23(30)28-13-5-6-14-28/h8-11,20H,4-7,12-19H2,1-3H3,(H,25,26). The molecule has 8 heteroatoms. The average molecular weight is 446 g/mol. The Bertz CT molecular complexity index is 726. The van der Waals surface area contributed by atoms with Gasteiger partial charge in [-0.05, 0) is 51.0 Å². The molecule has 32 heavy (non-hydrogen) atoms. The first kappa shape index (κ1) is 24.2. The summed E-state index contributed by atoms with van der Waals surface area (Å²) in [5, 5.41) is 3.41. The lowest BCUT2D eigenvalue weighted by Crippen LogP contribution is -2.57. The zero-order valence-corrected chi connectivity index (χ0v) is 19.9. The fourth-order valence-electron chi connectivity index (χ4n) is 4.22. The molecule has 0 aliphatic carbocycles. The largest absolute Gasteiger partial charge is 0.497 e. The number of methoxy groups -OCH3 is 1. The molecule has 1 aromatic rings. The zero-order valence-electron chi connectivity index (χ0n) is 19.9. The van der Waals surface area contributed by atoms with Crippen LogP contribution in [-0.2, 0) is 4.79 Å². The quantitative estimate of drug-likeness (QED) is 0.357. The number of ether oxygens (including phenoxy) is 2. The average Bonchev–Trinajstić information content (AvgIpc) is 3.38. The number of likely N-dealkylation sites (tertiary alicyclic amines) is 1. The number of piperazine rings is 1. The van der Waals surface area contributed by atoms with Crippen LogP contribution in [0.5, 0.6) is 11.5 Å². The Morgan fingerprint density at radius 1 is 1.03 bits per heavy atom. The molecular weight excluding hydrogens is 406 g/mol. The SMILES string of the molecule is CCNC(=NCCCOc1ccc(OC)cc1)N1CCN(C(C)C(=O)N2CCCC2)CC1. The summed E-state index contributed by atoms with van der Waals surface area (Å²) in [5.41, 5.74) is 0. The van der Waals surface area contributed by atoms with Crippen molar-refractivity contribution in [2.45, 2.75) is 39.2 Å². The van der Waals surface area contributed by atoms with E-state index >= 15 is 0 Å². The van der Waals surface area contributed by atoms with Crippen LogP contribution in [0.3, 0.4) is 0 Å². The summed E-state index contributed by atoms with van der Waals surface area (Å²) in [5.74, 6) is 2.91. The fourth-order valence-corrected chi connectivity index (χ4v) is 4.22. The van der Waals surface area contributed by atoms with Gasteiger partial charge in [0.15, 0.2) is 5.96 Å². The number of amides is 1. The molecule has 2 heterocycles. The van der Waals surface area contributed by atoms with E-state index in [1.807, 2.05) is 29.2 Å². The smallest absolute Gasteiger partial charge is 0.239 e. The van der Waals surface area contributed by atoms with E-state index in [1.165, 1.54) is 0 Å². The predicted octanol–water partition coefficient (Wildman–Crippen LogP) is 2.06. The Kier molecular flexibility index (Phi) is 9.46. The van der Waals surface area contributed by atoms with Crippen molar-refractivity contribution in [3.05, 3.63) is 24.3 Å². The second-order valence-corrected chi connectivity index (χ2v) is 8.34. The first-order valence-electron chi connectivity index (χ1n) is 11.9. The summed E-state index contributed by atoms with van der Waals surface area (Å²) in [6.45, 7) is 11.7. The summed E-state index contributed by atoms with van der Waals surface area (Å²) in [4.78, 5) is 24.2. The number of carbonyl (C=O) groups excluding carboxylic acids is 1. The third kappa shape index (κ3) is 6.76. The second-order valence-electron chi connectivity index (χ2n) is 8.34. The van der Waals surface area contributed by atoms with Gasteiger partial charge in [0.05, 0.1) is 19.8 Å². The van der Waals surface area contributed by atoms with E-state index in [4.69, 9.17) is 14.5 Å². The highest BCUT2D eigenvalue weighted by molar-refractivity contribution is 5.82. The molecule has 2 saturated heterocycles. The zero-order chi connectivity index (χ0) is 22.8. The van der Waals surface area contributed by atoms with E-state index in [1.54, 1.807) is 7.11 Å². The van der Waals surface area contributed by atoms with Gasteiger partial charge in [0.1, 0.15) is 11.5 Å². The van der Waals surface area contributed by atoms with Crippen molar-refractivity contribution >= 4 is 11.9 Å². The highest BCUT2D eigenvalue weighted by atomic mass is 16.5. The van der Waals surface area contributed by atoms with Gasteiger partial charge in [-0.1, -0.05) is 0 Å². The molecule has 8 nitrogen and oxygen atoms in total. The molecule has 0 spiro atoms. The van der Waals surface area contributed by atoms with Crippen LogP contribution in [0.2, 0.25) is 0 Å². The number of nitrogens with zero attached hydrogens (tertiary/aromatic N) is 4. The Morgan fingerprint density at radius 2 is 1.69 bits per heavy atom. The van der Waals surface area contributed by atoms with Gasteiger partial charge in [-0.2, -0.15) is 0 Å². The van der Waals surface area contributed by atoms with Crippen LogP contribution >= 0.6 is 0 Å².